The quantitative estimate of drug-likeness (QED) is 0.694. The SMILES string of the molecule is CC(C#Cc1ccccc1)CCc1ccccc1. The maximum absolute atomic E-state index is 3.32. The Balaban J connectivity index is 1.86. The predicted octanol–water partition coefficient (Wildman–Crippen LogP) is 4.31. The van der Waals surface area contributed by atoms with Crippen LogP contribution in [-0.2, 0) is 6.42 Å². The van der Waals surface area contributed by atoms with E-state index in [-0.39, 0.29) is 0 Å². The lowest BCUT2D eigenvalue weighted by Crippen LogP contribution is -1.94. The van der Waals surface area contributed by atoms with Crippen molar-refractivity contribution in [3.8, 4) is 11.8 Å². The van der Waals surface area contributed by atoms with Crippen LogP contribution in [0.25, 0.3) is 0 Å². The summed E-state index contributed by atoms with van der Waals surface area (Å²) in [6.07, 6.45) is 2.22. The van der Waals surface area contributed by atoms with Crippen molar-refractivity contribution in [2.75, 3.05) is 0 Å². The molecule has 18 heavy (non-hydrogen) atoms. The second kappa shape index (κ2) is 6.67. The Morgan fingerprint density at radius 2 is 1.50 bits per heavy atom. The molecule has 1 unspecified atom stereocenters. The van der Waals surface area contributed by atoms with Gasteiger partial charge in [-0.05, 0) is 30.5 Å². The van der Waals surface area contributed by atoms with E-state index in [1.807, 2.05) is 18.2 Å². The zero-order chi connectivity index (χ0) is 12.6. The number of aryl methyl sites for hydroxylation is 1. The second-order valence-corrected chi connectivity index (χ2v) is 4.56. The highest BCUT2D eigenvalue weighted by atomic mass is 14.0. The van der Waals surface area contributed by atoms with Gasteiger partial charge in [-0.15, -0.1) is 0 Å². The van der Waals surface area contributed by atoms with Crippen LogP contribution in [0.2, 0.25) is 0 Å². The molecule has 0 saturated heterocycles. The first-order valence-electron chi connectivity index (χ1n) is 6.45. The predicted molar refractivity (Wildman–Crippen MR) is 77.2 cm³/mol. The molecule has 0 nitrogen and oxygen atoms in total. The van der Waals surface area contributed by atoms with Gasteiger partial charge in [-0.3, -0.25) is 0 Å². The Kier molecular flexibility index (Phi) is 4.61. The smallest absolute Gasteiger partial charge is 0.0245 e. The first-order chi connectivity index (χ1) is 8.84. The fraction of sp³-hybridized carbons (Fsp3) is 0.222. The van der Waals surface area contributed by atoms with Gasteiger partial charge < -0.3 is 0 Å². The number of hydrogen-bond acceptors (Lipinski definition) is 0. The van der Waals surface area contributed by atoms with Gasteiger partial charge >= 0.3 is 0 Å². The minimum atomic E-state index is 0.436. The molecular formula is C18H18. The molecule has 0 fully saturated rings. The molecule has 0 bridgehead atoms. The fourth-order valence-electron chi connectivity index (χ4n) is 1.83. The van der Waals surface area contributed by atoms with Crippen molar-refractivity contribution >= 4 is 0 Å². The molecule has 0 spiro atoms. The van der Waals surface area contributed by atoms with Crippen LogP contribution in [0.3, 0.4) is 0 Å². The van der Waals surface area contributed by atoms with E-state index in [1.54, 1.807) is 0 Å². The minimum Gasteiger partial charge on any atom is -0.0948 e. The third-order valence-corrected chi connectivity index (χ3v) is 2.95. The summed E-state index contributed by atoms with van der Waals surface area (Å²) >= 11 is 0. The zero-order valence-corrected chi connectivity index (χ0v) is 10.8. The van der Waals surface area contributed by atoms with Crippen LogP contribution in [-0.4, -0.2) is 0 Å². The number of rotatable bonds is 3. The molecule has 0 heteroatoms. The van der Waals surface area contributed by atoms with Crippen molar-refractivity contribution in [3.05, 3.63) is 71.8 Å². The summed E-state index contributed by atoms with van der Waals surface area (Å²) < 4.78 is 0. The molecule has 2 rings (SSSR count). The highest BCUT2D eigenvalue weighted by Gasteiger charge is 1.98. The summed E-state index contributed by atoms with van der Waals surface area (Å²) in [7, 11) is 0. The van der Waals surface area contributed by atoms with Crippen molar-refractivity contribution in [1.29, 1.82) is 0 Å². The average Bonchev–Trinajstić information content (AvgIpc) is 2.45. The Hall–Kier alpha value is -2.00. The maximum atomic E-state index is 3.32. The topological polar surface area (TPSA) is 0 Å². The molecule has 0 heterocycles. The Morgan fingerprint density at radius 3 is 2.17 bits per heavy atom. The van der Waals surface area contributed by atoms with Crippen molar-refractivity contribution in [2.24, 2.45) is 5.92 Å². The van der Waals surface area contributed by atoms with Gasteiger partial charge in [0.15, 0.2) is 0 Å². The lowest BCUT2D eigenvalue weighted by Gasteiger charge is -2.03. The van der Waals surface area contributed by atoms with E-state index in [2.05, 4.69) is 61.2 Å². The monoisotopic (exact) mass is 234 g/mol. The molecule has 0 amide bonds. The lowest BCUT2D eigenvalue weighted by molar-refractivity contribution is 0.668. The fourth-order valence-corrected chi connectivity index (χ4v) is 1.83. The van der Waals surface area contributed by atoms with E-state index in [9.17, 15) is 0 Å². The standard InChI is InChI=1S/C18H18/c1-16(12-14-17-8-4-2-5-9-17)13-15-18-10-6-3-7-11-18/h2-11,16H,12,14H2,1H3. The summed E-state index contributed by atoms with van der Waals surface area (Å²) in [6, 6.07) is 20.8. The normalized spacial score (nSPS) is 11.4. The molecule has 0 saturated carbocycles. The summed E-state index contributed by atoms with van der Waals surface area (Å²) in [5.41, 5.74) is 2.50. The average molecular weight is 234 g/mol. The Labute approximate surface area is 110 Å². The third-order valence-electron chi connectivity index (χ3n) is 2.95. The van der Waals surface area contributed by atoms with Gasteiger partial charge in [-0.1, -0.05) is 67.3 Å². The largest absolute Gasteiger partial charge is 0.0948 e. The first-order valence-corrected chi connectivity index (χ1v) is 6.45. The van der Waals surface area contributed by atoms with Gasteiger partial charge in [0.25, 0.3) is 0 Å². The van der Waals surface area contributed by atoms with Gasteiger partial charge in [0.2, 0.25) is 0 Å². The van der Waals surface area contributed by atoms with Crippen LogP contribution in [0.15, 0.2) is 60.7 Å². The zero-order valence-electron chi connectivity index (χ0n) is 10.8. The highest BCUT2D eigenvalue weighted by molar-refractivity contribution is 5.34. The van der Waals surface area contributed by atoms with E-state index < -0.39 is 0 Å². The Bertz CT molecular complexity index is 514. The van der Waals surface area contributed by atoms with Crippen LogP contribution in [0.4, 0.5) is 0 Å². The van der Waals surface area contributed by atoms with E-state index >= 15 is 0 Å². The van der Waals surface area contributed by atoms with Crippen molar-refractivity contribution < 1.29 is 0 Å². The van der Waals surface area contributed by atoms with Gasteiger partial charge in [0.05, 0.1) is 0 Å². The van der Waals surface area contributed by atoms with Crippen LogP contribution in [0.1, 0.15) is 24.5 Å². The molecule has 0 aliphatic rings. The molecule has 2 aromatic carbocycles. The van der Waals surface area contributed by atoms with Crippen LogP contribution >= 0.6 is 0 Å². The highest BCUT2D eigenvalue weighted by Crippen LogP contribution is 2.08. The summed E-state index contributed by atoms with van der Waals surface area (Å²) in [6.45, 7) is 2.19. The first kappa shape index (κ1) is 12.5. The van der Waals surface area contributed by atoms with Crippen molar-refractivity contribution in [1.82, 2.24) is 0 Å². The molecular weight excluding hydrogens is 216 g/mol. The van der Waals surface area contributed by atoms with Gasteiger partial charge in [-0.2, -0.15) is 0 Å². The van der Waals surface area contributed by atoms with E-state index in [0.717, 1.165) is 18.4 Å². The molecule has 2 aromatic rings. The second-order valence-electron chi connectivity index (χ2n) is 4.56. The number of benzene rings is 2. The lowest BCUT2D eigenvalue weighted by atomic mass is 10.0. The molecule has 0 radical (unpaired) electrons. The maximum Gasteiger partial charge on any atom is 0.0245 e. The van der Waals surface area contributed by atoms with Crippen molar-refractivity contribution in [3.63, 3.8) is 0 Å². The number of hydrogen-bond donors (Lipinski definition) is 0. The molecule has 0 aliphatic carbocycles. The van der Waals surface area contributed by atoms with Gasteiger partial charge in [0.1, 0.15) is 0 Å². The summed E-state index contributed by atoms with van der Waals surface area (Å²) in [4.78, 5) is 0. The van der Waals surface area contributed by atoms with Gasteiger partial charge in [0, 0.05) is 11.5 Å². The molecule has 1 atom stereocenters. The van der Waals surface area contributed by atoms with Crippen LogP contribution in [0.5, 0.6) is 0 Å². The van der Waals surface area contributed by atoms with Crippen LogP contribution in [0, 0.1) is 17.8 Å². The molecule has 0 N–H and O–H groups in total. The molecule has 90 valence electrons. The van der Waals surface area contributed by atoms with Crippen LogP contribution < -0.4 is 0 Å². The van der Waals surface area contributed by atoms with E-state index in [0.29, 0.717) is 5.92 Å². The van der Waals surface area contributed by atoms with Crippen molar-refractivity contribution in [2.45, 2.75) is 19.8 Å². The Morgan fingerprint density at radius 1 is 0.889 bits per heavy atom. The molecule has 0 aliphatic heterocycles. The minimum absolute atomic E-state index is 0.436. The molecule has 0 aromatic heterocycles. The summed E-state index contributed by atoms with van der Waals surface area (Å²) in [5, 5.41) is 0. The summed E-state index contributed by atoms with van der Waals surface area (Å²) in [5.74, 6) is 6.99. The van der Waals surface area contributed by atoms with E-state index in [4.69, 9.17) is 0 Å². The van der Waals surface area contributed by atoms with Gasteiger partial charge in [-0.25, -0.2) is 0 Å². The third kappa shape index (κ3) is 4.11. The van der Waals surface area contributed by atoms with E-state index in [1.165, 1.54) is 5.56 Å².